The summed E-state index contributed by atoms with van der Waals surface area (Å²) in [5.41, 5.74) is 6.97. The minimum Gasteiger partial charge on any atom is -0.391 e. The van der Waals surface area contributed by atoms with Crippen molar-refractivity contribution in [2.45, 2.75) is 25.0 Å². The zero-order chi connectivity index (χ0) is 19.8. The topological polar surface area (TPSA) is 119 Å². The van der Waals surface area contributed by atoms with E-state index in [4.69, 9.17) is 17.3 Å². The van der Waals surface area contributed by atoms with Crippen LogP contribution in [0.4, 0.5) is 5.82 Å². The Labute approximate surface area is 169 Å². The van der Waals surface area contributed by atoms with Crippen LogP contribution in [0.2, 0.25) is 4.34 Å². The summed E-state index contributed by atoms with van der Waals surface area (Å²) >= 11 is 7.28. The van der Waals surface area contributed by atoms with Crippen LogP contribution >= 0.6 is 22.9 Å². The number of imidazole rings is 1. The summed E-state index contributed by atoms with van der Waals surface area (Å²) in [4.78, 5) is 25.7. The molecule has 3 heterocycles. The molecule has 0 aliphatic heterocycles. The largest absolute Gasteiger partial charge is 0.391 e. The molecule has 1 aliphatic rings. The van der Waals surface area contributed by atoms with Crippen molar-refractivity contribution in [3.05, 3.63) is 33.5 Å². The van der Waals surface area contributed by atoms with Crippen molar-refractivity contribution in [3.63, 3.8) is 0 Å². The monoisotopic (exact) mass is 416 g/mol. The molecule has 0 bridgehead atoms. The third-order valence-electron chi connectivity index (χ3n) is 4.79. The zero-order valence-electron chi connectivity index (χ0n) is 14.9. The standard InChI is InChI=1S/C18H17ClN6O2S/c1-21-18(27)9-6-11(12(26)7-9)25-8-22-15-16(20)23-14(24-17(15)25)5-3-10-2-4-13(19)28-10/h2,4,8-9,11-12,26H,6-7H2,1H3,(H,21,27)(H2,20,23,24). The molecule has 1 amide bonds. The summed E-state index contributed by atoms with van der Waals surface area (Å²) in [6, 6.07) is 3.27. The van der Waals surface area contributed by atoms with Crippen molar-refractivity contribution < 1.29 is 9.90 Å². The van der Waals surface area contributed by atoms with Crippen LogP contribution in [0.25, 0.3) is 11.2 Å². The number of aliphatic hydroxyl groups excluding tert-OH is 1. The Morgan fingerprint density at radius 3 is 2.93 bits per heavy atom. The van der Waals surface area contributed by atoms with Gasteiger partial charge in [-0.05, 0) is 36.8 Å². The Kier molecular flexibility index (Phi) is 4.93. The number of hydrogen-bond acceptors (Lipinski definition) is 7. The van der Waals surface area contributed by atoms with Crippen LogP contribution in [0.1, 0.15) is 29.6 Å². The Hall–Kier alpha value is -2.67. The van der Waals surface area contributed by atoms with Crippen molar-refractivity contribution in [1.29, 1.82) is 0 Å². The fourth-order valence-corrected chi connectivity index (χ4v) is 4.34. The molecular weight excluding hydrogens is 400 g/mol. The fraction of sp³-hybridized carbons (Fsp3) is 0.333. The van der Waals surface area contributed by atoms with E-state index in [1.165, 1.54) is 11.3 Å². The Bertz CT molecular complexity index is 1110. The maximum Gasteiger partial charge on any atom is 0.223 e. The molecule has 0 spiro atoms. The second-order valence-electron chi connectivity index (χ2n) is 6.53. The molecule has 10 heteroatoms. The van der Waals surface area contributed by atoms with E-state index in [2.05, 4.69) is 32.1 Å². The maximum absolute atomic E-state index is 11.9. The molecule has 0 radical (unpaired) electrons. The van der Waals surface area contributed by atoms with Gasteiger partial charge in [-0.15, -0.1) is 11.3 Å². The number of carbonyl (C=O) groups is 1. The Balaban J connectivity index is 1.70. The van der Waals surface area contributed by atoms with E-state index in [-0.39, 0.29) is 29.5 Å². The van der Waals surface area contributed by atoms with Gasteiger partial charge in [0.05, 0.1) is 27.7 Å². The first kappa shape index (κ1) is 18.7. The molecule has 4 rings (SSSR count). The van der Waals surface area contributed by atoms with E-state index in [0.717, 1.165) is 4.88 Å². The first-order valence-electron chi connectivity index (χ1n) is 8.63. The number of fused-ring (bicyclic) bond motifs is 1. The fourth-order valence-electron chi connectivity index (χ4n) is 3.45. The molecule has 1 fully saturated rings. The third kappa shape index (κ3) is 3.42. The van der Waals surface area contributed by atoms with Gasteiger partial charge >= 0.3 is 0 Å². The highest BCUT2D eigenvalue weighted by molar-refractivity contribution is 7.16. The molecule has 3 unspecified atom stereocenters. The predicted octanol–water partition coefficient (Wildman–Crippen LogP) is 1.58. The number of anilines is 1. The first-order valence-corrected chi connectivity index (χ1v) is 9.82. The average Bonchev–Trinajstić information content (AvgIpc) is 3.37. The number of nitrogens with two attached hydrogens (primary N) is 1. The number of nitrogens with one attached hydrogen (secondary N) is 1. The van der Waals surface area contributed by atoms with Gasteiger partial charge < -0.3 is 20.7 Å². The van der Waals surface area contributed by atoms with E-state index >= 15 is 0 Å². The lowest BCUT2D eigenvalue weighted by Gasteiger charge is -2.16. The summed E-state index contributed by atoms with van der Waals surface area (Å²) in [6.45, 7) is 0. The van der Waals surface area contributed by atoms with Gasteiger partial charge in [0.25, 0.3) is 0 Å². The maximum atomic E-state index is 11.9. The smallest absolute Gasteiger partial charge is 0.223 e. The first-order chi connectivity index (χ1) is 13.5. The van der Waals surface area contributed by atoms with E-state index < -0.39 is 6.10 Å². The average molecular weight is 417 g/mol. The Morgan fingerprint density at radius 1 is 1.39 bits per heavy atom. The molecule has 144 valence electrons. The highest BCUT2D eigenvalue weighted by atomic mass is 35.5. The highest BCUT2D eigenvalue weighted by Crippen LogP contribution is 2.36. The van der Waals surface area contributed by atoms with Crippen molar-refractivity contribution in [1.82, 2.24) is 24.8 Å². The number of thiophene rings is 1. The van der Waals surface area contributed by atoms with Crippen LogP contribution in [-0.4, -0.2) is 43.7 Å². The lowest BCUT2D eigenvalue weighted by Crippen LogP contribution is -2.25. The number of hydrogen-bond donors (Lipinski definition) is 3. The van der Waals surface area contributed by atoms with Crippen molar-refractivity contribution in [2.24, 2.45) is 5.92 Å². The highest BCUT2D eigenvalue weighted by Gasteiger charge is 2.38. The van der Waals surface area contributed by atoms with Crippen molar-refractivity contribution in [2.75, 3.05) is 12.8 Å². The summed E-state index contributed by atoms with van der Waals surface area (Å²) in [7, 11) is 1.59. The number of nitrogens with zero attached hydrogens (tertiary/aromatic N) is 4. The molecule has 0 saturated heterocycles. The van der Waals surface area contributed by atoms with Gasteiger partial charge in [-0.2, -0.15) is 0 Å². The molecule has 0 aromatic carbocycles. The number of nitrogen functional groups attached to an aromatic ring is 1. The summed E-state index contributed by atoms with van der Waals surface area (Å²) in [6.07, 6.45) is 1.77. The number of carbonyl (C=O) groups excluding carboxylic acids is 1. The molecule has 3 atom stereocenters. The van der Waals surface area contributed by atoms with E-state index in [1.807, 2.05) is 6.07 Å². The van der Waals surface area contributed by atoms with Crippen LogP contribution in [0.15, 0.2) is 18.5 Å². The summed E-state index contributed by atoms with van der Waals surface area (Å²) < 4.78 is 2.41. The van der Waals surface area contributed by atoms with Gasteiger partial charge in [-0.3, -0.25) is 4.79 Å². The predicted molar refractivity (Wildman–Crippen MR) is 107 cm³/mol. The lowest BCUT2D eigenvalue weighted by molar-refractivity contribution is -0.124. The number of amides is 1. The van der Waals surface area contributed by atoms with E-state index in [1.54, 1.807) is 24.0 Å². The van der Waals surface area contributed by atoms with Gasteiger partial charge in [0.1, 0.15) is 5.52 Å². The lowest BCUT2D eigenvalue weighted by atomic mass is 10.1. The van der Waals surface area contributed by atoms with Crippen LogP contribution < -0.4 is 11.1 Å². The minimum absolute atomic E-state index is 0.0822. The zero-order valence-corrected chi connectivity index (χ0v) is 16.5. The van der Waals surface area contributed by atoms with Crippen LogP contribution in [0, 0.1) is 17.8 Å². The molecule has 8 nitrogen and oxygen atoms in total. The van der Waals surface area contributed by atoms with Gasteiger partial charge in [-0.25, -0.2) is 15.0 Å². The molecule has 28 heavy (non-hydrogen) atoms. The number of rotatable bonds is 2. The van der Waals surface area contributed by atoms with Crippen molar-refractivity contribution in [3.8, 4) is 11.8 Å². The van der Waals surface area contributed by atoms with Crippen LogP contribution in [0.3, 0.4) is 0 Å². The third-order valence-corrected chi connectivity index (χ3v) is 5.94. The molecule has 4 N–H and O–H groups in total. The second-order valence-corrected chi connectivity index (χ2v) is 8.24. The van der Waals surface area contributed by atoms with Gasteiger partial charge in [0.2, 0.25) is 11.7 Å². The number of aliphatic hydroxyl groups is 1. The normalized spacial score (nSPS) is 21.5. The summed E-state index contributed by atoms with van der Waals surface area (Å²) in [5, 5.41) is 13.1. The molecule has 1 saturated carbocycles. The van der Waals surface area contributed by atoms with Crippen LogP contribution in [-0.2, 0) is 4.79 Å². The number of aromatic nitrogens is 4. The molecule has 3 aromatic rings. The number of halogens is 1. The van der Waals surface area contributed by atoms with Gasteiger partial charge in [-0.1, -0.05) is 11.6 Å². The second kappa shape index (κ2) is 7.39. The quantitative estimate of drug-likeness (QED) is 0.546. The Morgan fingerprint density at radius 2 is 2.21 bits per heavy atom. The van der Waals surface area contributed by atoms with Crippen molar-refractivity contribution >= 4 is 45.8 Å². The van der Waals surface area contributed by atoms with Gasteiger partial charge in [0, 0.05) is 13.0 Å². The van der Waals surface area contributed by atoms with Gasteiger partial charge in [0.15, 0.2) is 11.5 Å². The van der Waals surface area contributed by atoms with E-state index in [9.17, 15) is 9.90 Å². The molecule has 1 aliphatic carbocycles. The minimum atomic E-state index is -0.682. The molecule has 3 aromatic heterocycles. The van der Waals surface area contributed by atoms with Crippen LogP contribution in [0.5, 0.6) is 0 Å². The SMILES string of the molecule is CNC(=O)C1CC(O)C(n2cnc3c(N)nc(C#Cc4ccc(Cl)s4)nc32)C1. The van der Waals surface area contributed by atoms with E-state index in [0.29, 0.717) is 28.3 Å². The molecular formula is C18H17ClN6O2S. The summed E-state index contributed by atoms with van der Waals surface area (Å²) in [5.74, 6) is 5.99.